The van der Waals surface area contributed by atoms with Crippen molar-refractivity contribution in [3.8, 4) is 11.1 Å². The highest BCUT2D eigenvalue weighted by Crippen LogP contribution is 2.21. The van der Waals surface area contributed by atoms with Crippen molar-refractivity contribution in [2.45, 2.75) is 13.3 Å². The van der Waals surface area contributed by atoms with E-state index in [9.17, 15) is 4.79 Å². The molecular formula is C18H16N2OS. The van der Waals surface area contributed by atoms with E-state index in [4.69, 9.17) is 0 Å². The number of benzene rings is 1. The molecule has 0 aliphatic heterocycles. The third-order valence-electron chi connectivity index (χ3n) is 3.31. The number of nitrogens with one attached hydrogen (secondary N) is 1. The Hall–Kier alpha value is -2.46. The van der Waals surface area contributed by atoms with Crippen molar-refractivity contribution in [2.75, 3.05) is 5.32 Å². The van der Waals surface area contributed by atoms with Gasteiger partial charge in [-0.2, -0.15) is 0 Å². The molecule has 1 aromatic carbocycles. The molecule has 3 nitrogen and oxygen atoms in total. The number of carbonyl (C=O) groups excluding carboxylic acids is 1. The van der Waals surface area contributed by atoms with E-state index in [0.29, 0.717) is 6.42 Å². The van der Waals surface area contributed by atoms with Crippen LogP contribution in [0.4, 0.5) is 5.69 Å². The first kappa shape index (κ1) is 14.5. The Morgan fingerprint density at radius 2 is 1.95 bits per heavy atom. The Morgan fingerprint density at radius 1 is 1.14 bits per heavy atom. The molecule has 3 rings (SSSR count). The lowest BCUT2D eigenvalue weighted by molar-refractivity contribution is -0.115. The van der Waals surface area contributed by atoms with E-state index in [0.717, 1.165) is 27.4 Å². The van der Waals surface area contributed by atoms with Crippen molar-refractivity contribution in [3.05, 3.63) is 70.7 Å². The topological polar surface area (TPSA) is 42.0 Å². The number of aromatic nitrogens is 1. The van der Waals surface area contributed by atoms with Crippen LogP contribution in [0.5, 0.6) is 0 Å². The Morgan fingerprint density at radius 3 is 2.64 bits per heavy atom. The molecule has 2 heterocycles. The van der Waals surface area contributed by atoms with Gasteiger partial charge in [0.05, 0.1) is 6.42 Å². The van der Waals surface area contributed by atoms with Crippen LogP contribution in [0.25, 0.3) is 11.1 Å². The van der Waals surface area contributed by atoms with Crippen LogP contribution >= 0.6 is 11.3 Å². The summed E-state index contributed by atoms with van der Waals surface area (Å²) in [6, 6.07) is 15.8. The molecule has 0 aliphatic carbocycles. The maximum atomic E-state index is 12.0. The van der Waals surface area contributed by atoms with E-state index in [-0.39, 0.29) is 5.91 Å². The second kappa shape index (κ2) is 6.54. The first-order chi connectivity index (χ1) is 10.7. The van der Waals surface area contributed by atoms with E-state index < -0.39 is 0 Å². The zero-order valence-corrected chi connectivity index (χ0v) is 13.1. The van der Waals surface area contributed by atoms with E-state index >= 15 is 0 Å². The van der Waals surface area contributed by atoms with Gasteiger partial charge in [0, 0.05) is 22.5 Å². The number of thiophene rings is 1. The number of aryl methyl sites for hydroxylation is 1. The van der Waals surface area contributed by atoms with E-state index in [1.54, 1.807) is 17.5 Å². The minimum Gasteiger partial charge on any atom is -0.326 e. The highest BCUT2D eigenvalue weighted by molar-refractivity contribution is 7.10. The molecule has 3 aromatic rings. The Kier molecular flexibility index (Phi) is 4.30. The van der Waals surface area contributed by atoms with E-state index in [1.165, 1.54) is 0 Å². The summed E-state index contributed by atoms with van der Waals surface area (Å²) in [4.78, 5) is 17.2. The molecule has 2 aromatic heterocycles. The Labute approximate surface area is 133 Å². The molecule has 0 saturated heterocycles. The fraction of sp³-hybridized carbons (Fsp3) is 0.111. The summed E-state index contributed by atoms with van der Waals surface area (Å²) < 4.78 is 0. The summed E-state index contributed by atoms with van der Waals surface area (Å²) in [6.45, 7) is 1.97. The highest BCUT2D eigenvalue weighted by Gasteiger charge is 2.05. The predicted octanol–water partition coefficient (Wildman–Crippen LogP) is 4.30. The van der Waals surface area contributed by atoms with Crippen molar-refractivity contribution in [1.82, 2.24) is 4.98 Å². The summed E-state index contributed by atoms with van der Waals surface area (Å²) >= 11 is 1.60. The number of carbonyl (C=O) groups is 1. The average Bonchev–Trinajstić information content (AvgIpc) is 3.01. The van der Waals surface area contributed by atoms with Gasteiger partial charge in [-0.05, 0) is 53.8 Å². The van der Waals surface area contributed by atoms with Crippen LogP contribution < -0.4 is 5.32 Å². The second-order valence-corrected chi connectivity index (χ2v) is 6.10. The lowest BCUT2D eigenvalue weighted by atomic mass is 10.1. The second-order valence-electron chi connectivity index (χ2n) is 5.07. The largest absolute Gasteiger partial charge is 0.326 e. The minimum absolute atomic E-state index is 0.00922. The molecule has 0 bridgehead atoms. The van der Waals surface area contributed by atoms with Gasteiger partial charge in [0.1, 0.15) is 0 Å². The molecule has 0 saturated carbocycles. The van der Waals surface area contributed by atoms with Gasteiger partial charge < -0.3 is 5.32 Å². The van der Waals surface area contributed by atoms with Crippen LogP contribution in [0.15, 0.2) is 60.1 Å². The molecule has 0 atom stereocenters. The zero-order chi connectivity index (χ0) is 15.4. The molecule has 1 N–H and O–H groups in total. The number of pyridine rings is 1. The summed E-state index contributed by atoms with van der Waals surface area (Å²) in [5.41, 5.74) is 4.05. The highest BCUT2D eigenvalue weighted by atomic mass is 32.1. The molecule has 1 amide bonds. The predicted molar refractivity (Wildman–Crippen MR) is 91.1 cm³/mol. The average molecular weight is 308 g/mol. The lowest BCUT2D eigenvalue weighted by Crippen LogP contribution is -2.13. The minimum atomic E-state index is 0.00922. The number of rotatable bonds is 4. The van der Waals surface area contributed by atoms with Crippen LogP contribution in [0.2, 0.25) is 0 Å². The summed E-state index contributed by atoms with van der Waals surface area (Å²) in [5.74, 6) is 0.00922. The van der Waals surface area contributed by atoms with Gasteiger partial charge in [0.15, 0.2) is 0 Å². The molecule has 110 valence electrons. The fourth-order valence-electron chi connectivity index (χ4n) is 2.25. The van der Waals surface area contributed by atoms with Gasteiger partial charge >= 0.3 is 0 Å². The van der Waals surface area contributed by atoms with Crippen LogP contribution in [-0.2, 0) is 11.2 Å². The standard InChI is InChI=1S/C18H16N2OS/c1-13-11-15(8-9-19-13)14-4-6-16(7-5-14)20-18(21)12-17-3-2-10-22-17/h2-11H,12H2,1H3,(H,20,21). The molecular weight excluding hydrogens is 292 g/mol. The monoisotopic (exact) mass is 308 g/mol. The zero-order valence-electron chi connectivity index (χ0n) is 12.2. The van der Waals surface area contributed by atoms with Crippen LogP contribution in [0, 0.1) is 6.92 Å². The van der Waals surface area contributed by atoms with Crippen molar-refractivity contribution in [1.29, 1.82) is 0 Å². The van der Waals surface area contributed by atoms with Gasteiger partial charge in [-0.15, -0.1) is 11.3 Å². The summed E-state index contributed by atoms with van der Waals surface area (Å²) in [6.07, 6.45) is 2.23. The van der Waals surface area contributed by atoms with Crippen molar-refractivity contribution < 1.29 is 4.79 Å². The van der Waals surface area contributed by atoms with Gasteiger partial charge in [0.25, 0.3) is 0 Å². The molecule has 0 unspecified atom stereocenters. The number of nitrogens with zero attached hydrogens (tertiary/aromatic N) is 1. The molecule has 4 heteroatoms. The van der Waals surface area contributed by atoms with Gasteiger partial charge in [-0.1, -0.05) is 18.2 Å². The van der Waals surface area contributed by atoms with Gasteiger partial charge in [-0.25, -0.2) is 0 Å². The Bertz CT molecular complexity index is 764. The maximum Gasteiger partial charge on any atom is 0.229 e. The molecule has 0 fully saturated rings. The van der Waals surface area contributed by atoms with Crippen molar-refractivity contribution >= 4 is 22.9 Å². The molecule has 0 radical (unpaired) electrons. The molecule has 22 heavy (non-hydrogen) atoms. The first-order valence-corrected chi connectivity index (χ1v) is 7.94. The quantitative estimate of drug-likeness (QED) is 0.781. The van der Waals surface area contributed by atoms with Gasteiger partial charge in [-0.3, -0.25) is 9.78 Å². The normalized spacial score (nSPS) is 10.4. The number of amides is 1. The van der Waals surface area contributed by atoms with Crippen LogP contribution in [0.1, 0.15) is 10.6 Å². The number of anilines is 1. The first-order valence-electron chi connectivity index (χ1n) is 7.06. The van der Waals surface area contributed by atoms with Crippen LogP contribution in [0.3, 0.4) is 0 Å². The van der Waals surface area contributed by atoms with Crippen LogP contribution in [-0.4, -0.2) is 10.9 Å². The van der Waals surface area contributed by atoms with Crippen molar-refractivity contribution in [2.24, 2.45) is 0 Å². The molecule has 0 aliphatic rings. The summed E-state index contributed by atoms with van der Waals surface area (Å²) in [7, 11) is 0. The van der Waals surface area contributed by atoms with E-state index in [1.807, 2.05) is 60.8 Å². The molecule has 0 spiro atoms. The smallest absolute Gasteiger partial charge is 0.229 e. The number of hydrogen-bond acceptors (Lipinski definition) is 3. The maximum absolute atomic E-state index is 12.0. The lowest BCUT2D eigenvalue weighted by Gasteiger charge is -2.07. The Balaban J connectivity index is 1.68. The number of hydrogen-bond donors (Lipinski definition) is 1. The SMILES string of the molecule is Cc1cc(-c2ccc(NC(=O)Cc3cccs3)cc2)ccn1. The third kappa shape index (κ3) is 3.59. The summed E-state index contributed by atoms with van der Waals surface area (Å²) in [5, 5.41) is 4.91. The van der Waals surface area contributed by atoms with Gasteiger partial charge in [0.2, 0.25) is 5.91 Å². The van der Waals surface area contributed by atoms with E-state index in [2.05, 4.69) is 10.3 Å². The fourth-order valence-corrected chi connectivity index (χ4v) is 2.95. The third-order valence-corrected chi connectivity index (χ3v) is 4.19. The van der Waals surface area contributed by atoms with Crippen molar-refractivity contribution in [3.63, 3.8) is 0 Å².